The molecule has 0 radical (unpaired) electrons. The van der Waals surface area contributed by atoms with Crippen LogP contribution in [0.25, 0.3) is 0 Å². The van der Waals surface area contributed by atoms with Crippen molar-refractivity contribution < 1.29 is 9.18 Å². The number of aromatic nitrogens is 3. The van der Waals surface area contributed by atoms with Gasteiger partial charge in [0.2, 0.25) is 0 Å². The zero-order valence-corrected chi connectivity index (χ0v) is 14.8. The molecule has 6 heteroatoms. The van der Waals surface area contributed by atoms with Gasteiger partial charge in [0.25, 0.3) is 0 Å². The Morgan fingerprint density at radius 2 is 2.00 bits per heavy atom. The largest absolute Gasteiger partial charge is 0.312 e. The first-order valence-corrected chi connectivity index (χ1v) is 8.78. The molecular weight excluding hydrogens is 337 g/mol. The fourth-order valence-electron chi connectivity index (χ4n) is 2.51. The molecule has 0 atom stereocenters. The quantitative estimate of drug-likeness (QED) is 0.609. The maximum absolute atomic E-state index is 13.5. The third-order valence-electron chi connectivity index (χ3n) is 3.73. The van der Waals surface area contributed by atoms with E-state index in [1.54, 1.807) is 18.5 Å². The average molecular weight is 355 g/mol. The Morgan fingerprint density at radius 1 is 1.24 bits per heavy atom. The van der Waals surface area contributed by atoms with Gasteiger partial charge < -0.3 is 4.57 Å². The van der Waals surface area contributed by atoms with E-state index in [4.69, 9.17) is 0 Å². The molecule has 0 aliphatic heterocycles. The second kappa shape index (κ2) is 7.61. The van der Waals surface area contributed by atoms with Crippen molar-refractivity contribution in [3.63, 3.8) is 0 Å². The molecule has 0 amide bonds. The Hall–Kier alpha value is -2.47. The van der Waals surface area contributed by atoms with Crippen LogP contribution in [0.2, 0.25) is 0 Å². The minimum atomic E-state index is -0.285. The van der Waals surface area contributed by atoms with E-state index in [1.165, 1.54) is 23.9 Å². The first kappa shape index (κ1) is 17.4. The summed E-state index contributed by atoms with van der Waals surface area (Å²) in [6.45, 7) is 4.57. The minimum Gasteiger partial charge on any atom is -0.312 e. The number of carbonyl (C=O) groups is 1. The van der Waals surface area contributed by atoms with Crippen LogP contribution < -0.4 is 0 Å². The Balaban J connectivity index is 2.06. The Kier molecular flexibility index (Phi) is 5.28. The van der Waals surface area contributed by atoms with Gasteiger partial charge in [-0.1, -0.05) is 31.7 Å². The highest BCUT2D eigenvalue weighted by molar-refractivity contribution is 7.99. The smallest absolute Gasteiger partial charge is 0.185 e. The number of hydrogen-bond donors (Lipinski definition) is 0. The van der Waals surface area contributed by atoms with Crippen LogP contribution in [0.15, 0.2) is 58.7 Å². The fourth-order valence-corrected chi connectivity index (χ4v) is 3.71. The van der Waals surface area contributed by atoms with Crippen LogP contribution in [-0.4, -0.2) is 20.8 Å². The predicted octanol–water partition coefficient (Wildman–Crippen LogP) is 4.55. The molecule has 0 fully saturated rings. The van der Waals surface area contributed by atoms with E-state index in [2.05, 4.69) is 9.97 Å². The van der Waals surface area contributed by atoms with Crippen LogP contribution in [0.4, 0.5) is 4.39 Å². The number of hydrogen-bond acceptors (Lipinski definition) is 4. The normalized spacial score (nSPS) is 11.0. The maximum atomic E-state index is 13.5. The van der Waals surface area contributed by atoms with Crippen molar-refractivity contribution in [3.05, 3.63) is 71.7 Å². The summed E-state index contributed by atoms with van der Waals surface area (Å²) in [6, 6.07) is 10.2. The highest BCUT2D eigenvalue weighted by atomic mass is 32.2. The van der Waals surface area contributed by atoms with Gasteiger partial charge in [-0.25, -0.2) is 9.37 Å². The summed E-state index contributed by atoms with van der Waals surface area (Å²) >= 11 is 1.42. The molecule has 0 N–H and O–H groups in total. The molecule has 3 rings (SSSR count). The summed E-state index contributed by atoms with van der Waals surface area (Å²) in [7, 11) is 0. The number of nitrogens with zero attached hydrogens (tertiary/aromatic N) is 3. The molecule has 2 aromatic heterocycles. The Morgan fingerprint density at radius 3 is 2.64 bits per heavy atom. The number of carbonyl (C=O) groups excluding carboxylic acids is 1. The van der Waals surface area contributed by atoms with Crippen LogP contribution in [0.1, 0.15) is 41.6 Å². The Labute approximate surface area is 150 Å². The van der Waals surface area contributed by atoms with Crippen LogP contribution in [0, 0.1) is 5.82 Å². The van der Waals surface area contributed by atoms with Gasteiger partial charge in [-0.15, -0.1) is 0 Å². The van der Waals surface area contributed by atoms with E-state index >= 15 is 0 Å². The maximum Gasteiger partial charge on any atom is 0.185 e. The molecule has 4 nitrogen and oxygen atoms in total. The second-order valence-electron chi connectivity index (χ2n) is 5.93. The minimum absolute atomic E-state index is 0.147. The molecule has 3 aromatic rings. The molecule has 0 aliphatic carbocycles. The average Bonchev–Trinajstić information content (AvgIpc) is 2.94. The summed E-state index contributed by atoms with van der Waals surface area (Å²) in [6.07, 6.45) is 4.20. The lowest BCUT2D eigenvalue weighted by atomic mass is 10.1. The SMILES string of the molecule is CC(C)c1nc(C=O)n(Cc2ccncc2)c1Sc1cccc(F)c1. The zero-order chi connectivity index (χ0) is 17.8. The second-order valence-corrected chi connectivity index (χ2v) is 7.00. The molecule has 1 aromatic carbocycles. The van der Waals surface area contributed by atoms with Crippen molar-refractivity contribution in [2.75, 3.05) is 0 Å². The Bertz CT molecular complexity index is 878. The van der Waals surface area contributed by atoms with Crippen molar-refractivity contribution in [2.24, 2.45) is 0 Å². The molecule has 128 valence electrons. The van der Waals surface area contributed by atoms with Gasteiger partial charge in [-0.05, 0) is 41.8 Å². The molecule has 0 unspecified atom stereocenters. The van der Waals surface area contributed by atoms with Gasteiger partial charge in [-0.2, -0.15) is 0 Å². The lowest BCUT2D eigenvalue weighted by Crippen LogP contribution is -2.06. The summed E-state index contributed by atoms with van der Waals surface area (Å²) < 4.78 is 15.4. The van der Waals surface area contributed by atoms with Crippen LogP contribution in [0.5, 0.6) is 0 Å². The number of halogens is 1. The van der Waals surface area contributed by atoms with E-state index in [1.807, 2.05) is 36.6 Å². The zero-order valence-electron chi connectivity index (χ0n) is 14.0. The van der Waals surface area contributed by atoms with Gasteiger partial charge in [0.05, 0.1) is 12.2 Å². The van der Waals surface area contributed by atoms with Crippen LogP contribution >= 0.6 is 11.8 Å². The standard InChI is InChI=1S/C19H18FN3OS/c1-13(2)18-19(25-16-5-3-4-15(20)10-16)23(17(12-24)22-18)11-14-6-8-21-9-7-14/h3-10,12-13H,11H2,1-2H3. The van der Waals surface area contributed by atoms with E-state index < -0.39 is 0 Å². The molecular formula is C19H18FN3OS. The van der Waals surface area contributed by atoms with Gasteiger partial charge >= 0.3 is 0 Å². The molecule has 0 saturated heterocycles. The lowest BCUT2D eigenvalue weighted by Gasteiger charge is -2.12. The highest BCUT2D eigenvalue weighted by Crippen LogP contribution is 2.35. The van der Waals surface area contributed by atoms with Gasteiger partial charge in [-0.3, -0.25) is 9.78 Å². The molecule has 25 heavy (non-hydrogen) atoms. The lowest BCUT2D eigenvalue weighted by molar-refractivity contribution is 0.111. The predicted molar refractivity (Wildman–Crippen MR) is 95.6 cm³/mol. The van der Waals surface area contributed by atoms with E-state index in [0.717, 1.165) is 27.5 Å². The van der Waals surface area contributed by atoms with E-state index in [9.17, 15) is 9.18 Å². The summed E-state index contributed by atoms with van der Waals surface area (Å²) in [5.74, 6) is 0.236. The number of pyridine rings is 1. The van der Waals surface area contributed by atoms with Crippen molar-refractivity contribution in [2.45, 2.75) is 36.2 Å². The topological polar surface area (TPSA) is 47.8 Å². The molecule has 0 spiro atoms. The number of aldehydes is 1. The molecule has 0 aliphatic rings. The van der Waals surface area contributed by atoms with Crippen molar-refractivity contribution in [1.82, 2.24) is 14.5 Å². The monoisotopic (exact) mass is 355 g/mol. The van der Waals surface area contributed by atoms with E-state index in [-0.39, 0.29) is 11.7 Å². The summed E-state index contributed by atoms with van der Waals surface area (Å²) in [5, 5.41) is 0.861. The molecule has 0 saturated carbocycles. The van der Waals surface area contributed by atoms with Crippen molar-refractivity contribution in [1.29, 1.82) is 0 Å². The first-order valence-electron chi connectivity index (χ1n) is 7.96. The van der Waals surface area contributed by atoms with E-state index in [0.29, 0.717) is 12.4 Å². The van der Waals surface area contributed by atoms with Gasteiger partial charge in [0.1, 0.15) is 10.8 Å². The van der Waals surface area contributed by atoms with Gasteiger partial charge in [0.15, 0.2) is 12.1 Å². The third kappa shape index (κ3) is 3.96. The van der Waals surface area contributed by atoms with Crippen molar-refractivity contribution >= 4 is 18.0 Å². The van der Waals surface area contributed by atoms with Gasteiger partial charge in [0, 0.05) is 17.3 Å². The first-order chi connectivity index (χ1) is 12.1. The molecule has 2 heterocycles. The number of rotatable bonds is 6. The summed E-state index contributed by atoms with van der Waals surface area (Å²) in [5.41, 5.74) is 1.86. The van der Waals surface area contributed by atoms with Crippen molar-refractivity contribution in [3.8, 4) is 0 Å². The molecule has 0 bridgehead atoms. The number of imidazole rings is 1. The number of benzene rings is 1. The van der Waals surface area contributed by atoms with Crippen LogP contribution in [0.3, 0.4) is 0 Å². The fraction of sp³-hybridized carbons (Fsp3) is 0.211. The summed E-state index contributed by atoms with van der Waals surface area (Å²) in [4.78, 5) is 20.8. The highest BCUT2D eigenvalue weighted by Gasteiger charge is 2.20. The third-order valence-corrected chi connectivity index (χ3v) is 4.84. The van der Waals surface area contributed by atoms with Crippen LogP contribution in [-0.2, 0) is 6.54 Å².